The number of amides is 1. The van der Waals surface area contributed by atoms with E-state index in [0.717, 1.165) is 38.5 Å². The molecule has 81 heavy (non-hydrogen) atoms. The summed E-state index contributed by atoms with van der Waals surface area (Å²) in [5.41, 5.74) is 0. The molecule has 0 aromatic carbocycles. The SMILES string of the molecule is CCCCCCCCCCCCCCCC/C=C/C(O)C(CO)NC(=O)CCCCCCCCCCCCCCCCCCC/C=C\CCCCCCCCCCCCCCOC(=O)CCCCCCCCCCCCCCCCC. The molecular formula is C75H145NO5. The van der Waals surface area contributed by atoms with Gasteiger partial charge in [0, 0.05) is 12.8 Å². The fourth-order valence-electron chi connectivity index (χ4n) is 11.8. The molecule has 0 aliphatic heterocycles. The zero-order valence-electron chi connectivity index (χ0n) is 55.0. The maximum absolute atomic E-state index is 12.5. The molecule has 0 heterocycles. The second-order valence-electron chi connectivity index (χ2n) is 25.6. The Bertz CT molecular complexity index is 1270. The summed E-state index contributed by atoms with van der Waals surface area (Å²) in [6.07, 6.45) is 89.9. The summed E-state index contributed by atoms with van der Waals surface area (Å²) in [4.78, 5) is 24.6. The number of hydrogen-bond donors (Lipinski definition) is 3. The molecule has 0 aromatic heterocycles. The van der Waals surface area contributed by atoms with Gasteiger partial charge in [-0.1, -0.05) is 372 Å². The highest BCUT2D eigenvalue weighted by atomic mass is 16.5. The predicted octanol–water partition coefficient (Wildman–Crippen LogP) is 24.1. The van der Waals surface area contributed by atoms with Crippen molar-refractivity contribution in [3.8, 4) is 0 Å². The first-order chi connectivity index (χ1) is 40.0. The van der Waals surface area contributed by atoms with Gasteiger partial charge in [0.15, 0.2) is 0 Å². The van der Waals surface area contributed by atoms with Gasteiger partial charge in [0.2, 0.25) is 5.91 Å². The van der Waals surface area contributed by atoms with Crippen molar-refractivity contribution in [3.63, 3.8) is 0 Å². The standard InChI is InChI=1S/C75H145NO5/c1-3-5-7-9-11-13-15-17-19-40-43-47-51-55-59-63-67-73(78)72(71-77)76-74(79)68-64-60-56-52-48-44-41-37-35-33-31-29-27-25-23-21-20-22-24-26-28-30-32-34-36-38-42-46-50-54-58-62-66-70-81-75(80)69-65-61-57-53-49-45-39-18-16-14-12-10-8-6-4-2/h24,26,63,67,72-73,77-78H,3-23,25,27-62,64-66,68-71H2,1-2H3,(H,76,79)/b26-24-,67-63+. The van der Waals surface area contributed by atoms with Gasteiger partial charge in [-0.15, -0.1) is 0 Å². The quantitative estimate of drug-likeness (QED) is 0.0320. The summed E-state index contributed by atoms with van der Waals surface area (Å²) < 4.78 is 5.50. The van der Waals surface area contributed by atoms with Gasteiger partial charge in [-0.2, -0.15) is 0 Å². The lowest BCUT2D eigenvalue weighted by Gasteiger charge is -2.20. The van der Waals surface area contributed by atoms with Crippen LogP contribution in [0.1, 0.15) is 418 Å². The maximum atomic E-state index is 12.5. The lowest BCUT2D eigenvalue weighted by molar-refractivity contribution is -0.143. The van der Waals surface area contributed by atoms with Gasteiger partial charge in [-0.05, 0) is 57.8 Å². The average molecular weight is 1140 g/mol. The largest absolute Gasteiger partial charge is 0.466 e. The van der Waals surface area contributed by atoms with Crippen molar-refractivity contribution in [3.05, 3.63) is 24.3 Å². The lowest BCUT2D eigenvalue weighted by atomic mass is 10.0. The lowest BCUT2D eigenvalue weighted by Crippen LogP contribution is -2.45. The number of ether oxygens (including phenoxy) is 1. The predicted molar refractivity (Wildman–Crippen MR) is 356 cm³/mol. The molecule has 6 heteroatoms. The minimum absolute atomic E-state index is 0.0221. The number of carbonyl (C=O) groups is 2. The zero-order chi connectivity index (χ0) is 58.5. The zero-order valence-corrected chi connectivity index (χ0v) is 55.0. The van der Waals surface area contributed by atoms with E-state index in [0.29, 0.717) is 19.4 Å². The molecule has 6 nitrogen and oxygen atoms in total. The van der Waals surface area contributed by atoms with E-state index in [2.05, 4.69) is 31.3 Å². The molecule has 0 saturated heterocycles. The van der Waals surface area contributed by atoms with Crippen LogP contribution < -0.4 is 5.32 Å². The minimum atomic E-state index is -0.842. The monoisotopic (exact) mass is 1140 g/mol. The van der Waals surface area contributed by atoms with Crippen molar-refractivity contribution in [2.45, 2.75) is 431 Å². The first-order valence-corrected chi connectivity index (χ1v) is 37.1. The smallest absolute Gasteiger partial charge is 0.305 e. The molecule has 0 aliphatic rings. The number of allylic oxidation sites excluding steroid dienone is 3. The highest BCUT2D eigenvalue weighted by Gasteiger charge is 2.18. The molecule has 0 aliphatic carbocycles. The van der Waals surface area contributed by atoms with Gasteiger partial charge >= 0.3 is 5.97 Å². The normalized spacial score (nSPS) is 12.6. The molecule has 0 fully saturated rings. The molecule has 3 N–H and O–H groups in total. The highest BCUT2D eigenvalue weighted by Crippen LogP contribution is 2.19. The Morgan fingerprint density at radius 3 is 0.877 bits per heavy atom. The van der Waals surface area contributed by atoms with Crippen LogP contribution in [-0.2, 0) is 14.3 Å². The van der Waals surface area contributed by atoms with Crippen molar-refractivity contribution >= 4 is 11.9 Å². The van der Waals surface area contributed by atoms with Crippen LogP contribution in [0.3, 0.4) is 0 Å². The molecule has 0 bridgehead atoms. The summed E-state index contributed by atoms with van der Waals surface area (Å²) >= 11 is 0. The molecule has 0 radical (unpaired) electrons. The Balaban J connectivity index is 3.35. The molecule has 480 valence electrons. The van der Waals surface area contributed by atoms with E-state index < -0.39 is 12.1 Å². The molecule has 2 unspecified atom stereocenters. The van der Waals surface area contributed by atoms with E-state index in [-0.39, 0.29) is 18.5 Å². The number of hydrogen-bond acceptors (Lipinski definition) is 5. The number of nitrogens with one attached hydrogen (secondary N) is 1. The first-order valence-electron chi connectivity index (χ1n) is 37.1. The summed E-state index contributed by atoms with van der Waals surface area (Å²) in [5.74, 6) is -0.0396. The average Bonchev–Trinajstić information content (AvgIpc) is 3.47. The Hall–Kier alpha value is -1.66. The van der Waals surface area contributed by atoms with Crippen molar-refractivity contribution in [2.75, 3.05) is 13.2 Å². The Labute approximate surface area is 507 Å². The van der Waals surface area contributed by atoms with Crippen LogP contribution in [0.5, 0.6) is 0 Å². The fourth-order valence-corrected chi connectivity index (χ4v) is 11.8. The molecule has 0 rings (SSSR count). The van der Waals surface area contributed by atoms with Crippen LogP contribution in [-0.4, -0.2) is 47.4 Å². The van der Waals surface area contributed by atoms with Gasteiger partial charge in [0.1, 0.15) is 0 Å². The van der Waals surface area contributed by atoms with E-state index in [1.54, 1.807) is 6.08 Å². The second kappa shape index (κ2) is 70.8. The second-order valence-corrected chi connectivity index (χ2v) is 25.6. The summed E-state index contributed by atoms with van der Waals surface area (Å²) in [6.45, 7) is 4.95. The van der Waals surface area contributed by atoms with Crippen LogP contribution >= 0.6 is 0 Å². The van der Waals surface area contributed by atoms with Crippen LogP contribution in [0, 0.1) is 0 Å². The number of aliphatic hydroxyl groups excluding tert-OH is 2. The van der Waals surface area contributed by atoms with E-state index >= 15 is 0 Å². The number of unbranched alkanes of at least 4 members (excludes halogenated alkanes) is 57. The number of carbonyl (C=O) groups excluding carboxylic acids is 2. The Morgan fingerprint density at radius 1 is 0.333 bits per heavy atom. The van der Waals surface area contributed by atoms with E-state index in [1.807, 2.05) is 6.08 Å². The Kier molecular flexibility index (Phi) is 69.4. The van der Waals surface area contributed by atoms with Crippen molar-refractivity contribution in [1.29, 1.82) is 0 Å². The molecule has 0 spiro atoms. The van der Waals surface area contributed by atoms with Crippen LogP contribution in [0.2, 0.25) is 0 Å². The highest BCUT2D eigenvalue weighted by molar-refractivity contribution is 5.76. The van der Waals surface area contributed by atoms with Crippen LogP contribution in [0.4, 0.5) is 0 Å². The van der Waals surface area contributed by atoms with Crippen molar-refractivity contribution in [2.24, 2.45) is 0 Å². The first kappa shape index (κ1) is 79.3. The molecular weight excluding hydrogens is 995 g/mol. The van der Waals surface area contributed by atoms with Gasteiger partial charge in [0.05, 0.1) is 25.4 Å². The topological polar surface area (TPSA) is 95.9 Å². The van der Waals surface area contributed by atoms with Gasteiger partial charge in [-0.3, -0.25) is 9.59 Å². The number of esters is 1. The van der Waals surface area contributed by atoms with Gasteiger partial charge < -0.3 is 20.3 Å². The van der Waals surface area contributed by atoms with Gasteiger partial charge in [0.25, 0.3) is 0 Å². The summed E-state index contributed by atoms with van der Waals surface area (Å²) in [7, 11) is 0. The van der Waals surface area contributed by atoms with Crippen LogP contribution in [0.15, 0.2) is 24.3 Å². The van der Waals surface area contributed by atoms with E-state index in [4.69, 9.17) is 4.74 Å². The molecule has 0 aromatic rings. The minimum Gasteiger partial charge on any atom is -0.466 e. The number of rotatable bonds is 70. The third-order valence-corrected chi connectivity index (χ3v) is 17.5. The van der Waals surface area contributed by atoms with E-state index in [1.165, 1.54) is 353 Å². The third-order valence-electron chi connectivity index (χ3n) is 17.5. The van der Waals surface area contributed by atoms with Crippen LogP contribution in [0.25, 0.3) is 0 Å². The third kappa shape index (κ3) is 67.3. The van der Waals surface area contributed by atoms with E-state index in [9.17, 15) is 19.8 Å². The molecule has 1 amide bonds. The summed E-state index contributed by atoms with van der Waals surface area (Å²) in [6, 6.07) is -0.625. The van der Waals surface area contributed by atoms with Crippen molar-refractivity contribution < 1.29 is 24.5 Å². The maximum Gasteiger partial charge on any atom is 0.305 e. The summed E-state index contributed by atoms with van der Waals surface area (Å²) in [5, 5.41) is 23.2. The van der Waals surface area contributed by atoms with Crippen molar-refractivity contribution in [1.82, 2.24) is 5.32 Å². The fraction of sp³-hybridized carbons (Fsp3) is 0.920. The van der Waals surface area contributed by atoms with Gasteiger partial charge in [-0.25, -0.2) is 0 Å². The molecule has 0 saturated carbocycles. The number of aliphatic hydroxyl groups is 2. The molecule has 2 atom stereocenters. The Morgan fingerprint density at radius 2 is 0.580 bits per heavy atom.